The van der Waals surface area contributed by atoms with Crippen molar-refractivity contribution in [2.24, 2.45) is 0 Å². The molecule has 1 rings (SSSR count). The maximum Gasteiger partial charge on any atom is 0.282 e. The van der Waals surface area contributed by atoms with E-state index >= 15 is 0 Å². The fourth-order valence-corrected chi connectivity index (χ4v) is 3.92. The standard InChI is InChI=1S/C17H28FN3O3S/c1-6-20(7-2)25(23,24)21(13-16(22)19-17(3,4)5)12-14-8-10-15(18)11-9-14/h8-11H,6-7,12-13H2,1-5H3,(H,19,22). The zero-order valence-electron chi connectivity index (χ0n) is 15.5. The molecule has 0 spiro atoms. The van der Waals surface area contributed by atoms with E-state index in [2.05, 4.69) is 5.32 Å². The number of hydrogen-bond acceptors (Lipinski definition) is 3. The van der Waals surface area contributed by atoms with Crippen molar-refractivity contribution in [1.29, 1.82) is 0 Å². The first-order valence-corrected chi connectivity index (χ1v) is 9.70. The van der Waals surface area contributed by atoms with E-state index in [0.29, 0.717) is 18.7 Å². The fraction of sp³-hybridized carbons (Fsp3) is 0.588. The molecule has 0 saturated heterocycles. The summed E-state index contributed by atoms with van der Waals surface area (Å²) in [6, 6.07) is 5.57. The highest BCUT2D eigenvalue weighted by molar-refractivity contribution is 7.86. The van der Waals surface area contributed by atoms with Gasteiger partial charge in [-0.15, -0.1) is 0 Å². The van der Waals surface area contributed by atoms with Crippen molar-refractivity contribution < 1.29 is 17.6 Å². The second-order valence-corrected chi connectivity index (χ2v) is 8.71. The summed E-state index contributed by atoms with van der Waals surface area (Å²) < 4.78 is 41.2. The third-order valence-electron chi connectivity index (χ3n) is 3.46. The van der Waals surface area contributed by atoms with Crippen molar-refractivity contribution in [2.75, 3.05) is 19.6 Å². The van der Waals surface area contributed by atoms with Gasteiger partial charge in [-0.3, -0.25) is 4.79 Å². The van der Waals surface area contributed by atoms with E-state index in [9.17, 15) is 17.6 Å². The van der Waals surface area contributed by atoms with Gasteiger partial charge < -0.3 is 5.32 Å². The SMILES string of the molecule is CCN(CC)S(=O)(=O)N(CC(=O)NC(C)(C)C)Cc1ccc(F)cc1. The van der Waals surface area contributed by atoms with Crippen molar-refractivity contribution >= 4 is 16.1 Å². The van der Waals surface area contributed by atoms with Gasteiger partial charge in [0, 0.05) is 25.2 Å². The zero-order chi connectivity index (χ0) is 19.3. The summed E-state index contributed by atoms with van der Waals surface area (Å²) in [4.78, 5) is 12.3. The van der Waals surface area contributed by atoms with Gasteiger partial charge in [0.1, 0.15) is 5.82 Å². The number of nitrogens with zero attached hydrogens (tertiary/aromatic N) is 2. The van der Waals surface area contributed by atoms with Crippen molar-refractivity contribution in [1.82, 2.24) is 13.9 Å². The predicted molar refractivity (Wildman–Crippen MR) is 96.5 cm³/mol. The van der Waals surface area contributed by atoms with E-state index in [-0.39, 0.29) is 19.0 Å². The van der Waals surface area contributed by atoms with Crippen LogP contribution in [0.4, 0.5) is 4.39 Å². The number of nitrogens with one attached hydrogen (secondary N) is 1. The molecule has 0 radical (unpaired) electrons. The predicted octanol–water partition coefficient (Wildman–Crippen LogP) is 2.13. The molecule has 0 aliphatic heterocycles. The van der Waals surface area contributed by atoms with Gasteiger partial charge in [-0.25, -0.2) is 4.39 Å². The van der Waals surface area contributed by atoms with Crippen molar-refractivity contribution in [2.45, 2.75) is 46.7 Å². The summed E-state index contributed by atoms with van der Waals surface area (Å²) in [6.07, 6.45) is 0. The van der Waals surface area contributed by atoms with Gasteiger partial charge in [-0.05, 0) is 38.5 Å². The first-order chi connectivity index (χ1) is 11.5. The molecule has 0 aromatic heterocycles. The summed E-state index contributed by atoms with van der Waals surface area (Å²) in [5, 5.41) is 2.77. The Kier molecular flexibility index (Phi) is 7.52. The van der Waals surface area contributed by atoms with Crippen LogP contribution in [0.3, 0.4) is 0 Å². The van der Waals surface area contributed by atoms with Crippen LogP contribution in [0.1, 0.15) is 40.2 Å². The molecule has 0 fully saturated rings. The minimum absolute atomic E-state index is 0.00330. The van der Waals surface area contributed by atoms with Crippen LogP contribution in [-0.2, 0) is 21.5 Å². The van der Waals surface area contributed by atoms with Crippen LogP contribution in [0.2, 0.25) is 0 Å². The maximum atomic E-state index is 13.1. The molecule has 25 heavy (non-hydrogen) atoms. The molecule has 1 amide bonds. The number of carbonyl (C=O) groups excluding carboxylic acids is 1. The number of carbonyl (C=O) groups is 1. The Morgan fingerprint density at radius 1 is 1.08 bits per heavy atom. The first-order valence-electron chi connectivity index (χ1n) is 8.30. The average Bonchev–Trinajstić information content (AvgIpc) is 2.47. The average molecular weight is 373 g/mol. The number of halogens is 1. The highest BCUT2D eigenvalue weighted by atomic mass is 32.2. The van der Waals surface area contributed by atoms with Crippen molar-refractivity contribution in [3.8, 4) is 0 Å². The molecular formula is C17H28FN3O3S. The van der Waals surface area contributed by atoms with Crippen molar-refractivity contribution in [3.05, 3.63) is 35.6 Å². The molecule has 1 aromatic rings. The third kappa shape index (κ3) is 6.72. The van der Waals surface area contributed by atoms with Gasteiger partial charge in [0.2, 0.25) is 5.91 Å². The quantitative estimate of drug-likeness (QED) is 0.759. The Morgan fingerprint density at radius 2 is 1.60 bits per heavy atom. The Bertz CT molecular complexity index is 665. The van der Waals surface area contributed by atoms with Gasteiger partial charge in [0.25, 0.3) is 10.2 Å². The third-order valence-corrected chi connectivity index (χ3v) is 5.54. The van der Waals surface area contributed by atoms with E-state index in [1.54, 1.807) is 13.8 Å². The Morgan fingerprint density at radius 3 is 2.04 bits per heavy atom. The molecule has 142 valence electrons. The van der Waals surface area contributed by atoms with Crippen LogP contribution >= 0.6 is 0 Å². The molecular weight excluding hydrogens is 345 g/mol. The molecule has 1 N–H and O–H groups in total. The molecule has 0 heterocycles. The second-order valence-electron chi connectivity index (χ2n) is 6.78. The Hall–Kier alpha value is -1.51. The van der Waals surface area contributed by atoms with E-state index in [1.165, 1.54) is 28.6 Å². The van der Waals surface area contributed by atoms with Gasteiger partial charge >= 0.3 is 0 Å². The summed E-state index contributed by atoms with van der Waals surface area (Å²) >= 11 is 0. The van der Waals surface area contributed by atoms with Crippen LogP contribution in [0.15, 0.2) is 24.3 Å². The lowest BCUT2D eigenvalue weighted by Gasteiger charge is -2.29. The first kappa shape index (κ1) is 21.5. The summed E-state index contributed by atoms with van der Waals surface area (Å²) in [7, 11) is -3.81. The number of hydrogen-bond donors (Lipinski definition) is 1. The number of benzene rings is 1. The van der Waals surface area contributed by atoms with Gasteiger partial charge in [-0.1, -0.05) is 26.0 Å². The smallest absolute Gasteiger partial charge is 0.282 e. The highest BCUT2D eigenvalue weighted by Crippen LogP contribution is 2.14. The normalized spacial score (nSPS) is 12.6. The minimum atomic E-state index is -3.81. The number of rotatable bonds is 8. The molecule has 0 unspecified atom stereocenters. The van der Waals surface area contributed by atoms with Gasteiger partial charge in [0.05, 0.1) is 6.54 Å². The summed E-state index contributed by atoms with van der Waals surface area (Å²) in [5.41, 5.74) is 0.151. The molecule has 6 nitrogen and oxygen atoms in total. The Labute approximate surface area is 150 Å². The summed E-state index contributed by atoms with van der Waals surface area (Å²) in [6.45, 7) is 9.28. The zero-order valence-corrected chi connectivity index (χ0v) is 16.4. The van der Waals surface area contributed by atoms with E-state index < -0.39 is 21.6 Å². The van der Waals surface area contributed by atoms with E-state index in [4.69, 9.17) is 0 Å². The molecule has 0 saturated carbocycles. The van der Waals surface area contributed by atoms with Crippen LogP contribution in [-0.4, -0.2) is 48.1 Å². The van der Waals surface area contributed by atoms with E-state index in [0.717, 1.165) is 4.31 Å². The van der Waals surface area contributed by atoms with Crippen LogP contribution in [0.5, 0.6) is 0 Å². The maximum absolute atomic E-state index is 13.1. The molecule has 8 heteroatoms. The fourth-order valence-electron chi connectivity index (χ4n) is 2.34. The molecule has 0 aliphatic carbocycles. The van der Waals surface area contributed by atoms with Crippen molar-refractivity contribution in [3.63, 3.8) is 0 Å². The Balaban J connectivity index is 3.08. The largest absolute Gasteiger partial charge is 0.350 e. The molecule has 0 atom stereocenters. The van der Waals surface area contributed by atoms with E-state index in [1.807, 2.05) is 20.8 Å². The molecule has 0 aliphatic rings. The van der Waals surface area contributed by atoms with Crippen LogP contribution < -0.4 is 5.32 Å². The number of amides is 1. The lowest BCUT2D eigenvalue weighted by atomic mass is 10.1. The van der Waals surface area contributed by atoms with Gasteiger partial charge in [-0.2, -0.15) is 17.0 Å². The molecule has 1 aromatic carbocycles. The summed E-state index contributed by atoms with van der Waals surface area (Å²) in [5.74, 6) is -0.780. The monoisotopic (exact) mass is 373 g/mol. The lowest BCUT2D eigenvalue weighted by Crippen LogP contribution is -2.50. The minimum Gasteiger partial charge on any atom is -0.350 e. The van der Waals surface area contributed by atoms with Crippen LogP contribution in [0.25, 0.3) is 0 Å². The second kappa shape index (κ2) is 8.73. The highest BCUT2D eigenvalue weighted by Gasteiger charge is 2.30. The van der Waals surface area contributed by atoms with Gasteiger partial charge in [0.15, 0.2) is 0 Å². The lowest BCUT2D eigenvalue weighted by molar-refractivity contribution is -0.122. The molecule has 0 bridgehead atoms. The van der Waals surface area contributed by atoms with Crippen LogP contribution in [0, 0.1) is 5.82 Å². The topological polar surface area (TPSA) is 69.7 Å².